The molecule has 0 saturated carbocycles. The Bertz CT molecular complexity index is 531. The fraction of sp³-hybridized carbons (Fsp3) is 0.385. The van der Waals surface area contributed by atoms with Crippen LogP contribution in [0.1, 0.15) is 23.2 Å². The Hall–Kier alpha value is -2.64. The van der Waals surface area contributed by atoms with Gasteiger partial charge in [0.25, 0.3) is 5.91 Å². The maximum atomic E-state index is 12.0. The van der Waals surface area contributed by atoms with E-state index in [0.717, 1.165) is 0 Å². The van der Waals surface area contributed by atoms with Gasteiger partial charge in [-0.25, -0.2) is 9.78 Å². The van der Waals surface area contributed by atoms with Crippen LogP contribution in [0.25, 0.3) is 0 Å². The van der Waals surface area contributed by atoms with Gasteiger partial charge in [-0.05, 0) is 18.6 Å². The molecule has 1 atom stereocenters. The van der Waals surface area contributed by atoms with Crippen molar-refractivity contribution in [3.05, 3.63) is 23.9 Å². The van der Waals surface area contributed by atoms with E-state index in [-0.39, 0.29) is 24.3 Å². The van der Waals surface area contributed by atoms with E-state index in [9.17, 15) is 14.4 Å². The number of ether oxygens (including phenoxy) is 2. The molecule has 1 unspecified atom stereocenters. The van der Waals surface area contributed by atoms with E-state index in [1.807, 2.05) is 0 Å². The molecule has 1 aromatic rings. The molecule has 8 heteroatoms. The maximum Gasteiger partial charge on any atom is 0.326 e. The van der Waals surface area contributed by atoms with Crippen molar-refractivity contribution in [3.63, 3.8) is 0 Å². The number of carboxylic acid groups (broad SMARTS) is 1. The van der Waals surface area contributed by atoms with Crippen molar-refractivity contribution in [2.45, 2.75) is 18.9 Å². The molecule has 1 rings (SSSR count). The molecule has 8 nitrogen and oxygen atoms in total. The first-order valence-corrected chi connectivity index (χ1v) is 6.09. The number of nitrogens with one attached hydrogen (secondary N) is 1. The molecule has 0 saturated heterocycles. The summed E-state index contributed by atoms with van der Waals surface area (Å²) in [6, 6.07) is 1.78. The molecule has 0 aromatic carbocycles. The van der Waals surface area contributed by atoms with Crippen molar-refractivity contribution >= 4 is 17.8 Å². The number of aliphatic carboxylic acids is 1. The van der Waals surface area contributed by atoms with E-state index in [1.54, 1.807) is 0 Å². The number of nitrogens with zero attached hydrogens (tertiary/aromatic N) is 1. The zero-order chi connectivity index (χ0) is 15.8. The Morgan fingerprint density at radius 3 is 2.67 bits per heavy atom. The van der Waals surface area contributed by atoms with Gasteiger partial charge in [-0.15, -0.1) is 0 Å². The van der Waals surface area contributed by atoms with Crippen LogP contribution in [0, 0.1) is 0 Å². The van der Waals surface area contributed by atoms with Gasteiger partial charge < -0.3 is 19.9 Å². The summed E-state index contributed by atoms with van der Waals surface area (Å²) in [7, 11) is 2.56. The lowest BCUT2D eigenvalue weighted by molar-refractivity contribution is -0.142. The number of rotatable bonds is 7. The number of hydrogen-bond donors (Lipinski definition) is 2. The van der Waals surface area contributed by atoms with Crippen LogP contribution in [0.5, 0.6) is 5.88 Å². The summed E-state index contributed by atoms with van der Waals surface area (Å²) in [6.45, 7) is 0. The highest BCUT2D eigenvalue weighted by molar-refractivity contribution is 5.98. The molecule has 1 amide bonds. The molecular weight excluding hydrogens is 280 g/mol. The highest BCUT2D eigenvalue weighted by atomic mass is 16.5. The second-order valence-corrected chi connectivity index (χ2v) is 4.04. The molecule has 1 heterocycles. The van der Waals surface area contributed by atoms with Crippen molar-refractivity contribution in [3.8, 4) is 5.88 Å². The third-order valence-corrected chi connectivity index (χ3v) is 2.68. The summed E-state index contributed by atoms with van der Waals surface area (Å²) < 4.78 is 9.36. The normalized spacial score (nSPS) is 11.3. The van der Waals surface area contributed by atoms with Crippen molar-refractivity contribution in [1.29, 1.82) is 0 Å². The summed E-state index contributed by atoms with van der Waals surface area (Å²) >= 11 is 0. The van der Waals surface area contributed by atoms with Gasteiger partial charge in [0.2, 0.25) is 5.88 Å². The zero-order valence-corrected chi connectivity index (χ0v) is 11.7. The van der Waals surface area contributed by atoms with Crippen molar-refractivity contribution in [2.75, 3.05) is 14.2 Å². The first kappa shape index (κ1) is 16.4. The van der Waals surface area contributed by atoms with E-state index in [0.29, 0.717) is 0 Å². The molecule has 1 aromatic heterocycles. The molecule has 114 valence electrons. The highest BCUT2D eigenvalue weighted by Gasteiger charge is 2.23. The summed E-state index contributed by atoms with van der Waals surface area (Å²) in [6.07, 6.45) is 1.26. The number of carbonyl (C=O) groups is 3. The van der Waals surface area contributed by atoms with Gasteiger partial charge in [0.1, 0.15) is 11.6 Å². The smallest absolute Gasteiger partial charge is 0.326 e. The van der Waals surface area contributed by atoms with Crippen LogP contribution in [0.4, 0.5) is 0 Å². The number of carbonyl (C=O) groups excluding carboxylic acids is 2. The van der Waals surface area contributed by atoms with E-state index >= 15 is 0 Å². The van der Waals surface area contributed by atoms with Gasteiger partial charge >= 0.3 is 11.9 Å². The summed E-state index contributed by atoms with van der Waals surface area (Å²) in [5.74, 6) is -2.34. The van der Waals surface area contributed by atoms with Crippen LogP contribution >= 0.6 is 0 Å². The third-order valence-electron chi connectivity index (χ3n) is 2.68. The average molecular weight is 296 g/mol. The minimum absolute atomic E-state index is 0.0731. The van der Waals surface area contributed by atoms with Crippen molar-refractivity contribution in [1.82, 2.24) is 10.3 Å². The van der Waals surface area contributed by atoms with E-state index in [4.69, 9.17) is 9.84 Å². The van der Waals surface area contributed by atoms with Gasteiger partial charge in [0.05, 0.1) is 14.2 Å². The maximum absolute atomic E-state index is 12.0. The Balaban J connectivity index is 2.76. The van der Waals surface area contributed by atoms with Crippen molar-refractivity contribution < 1.29 is 29.0 Å². The summed E-state index contributed by atoms with van der Waals surface area (Å²) in [4.78, 5) is 38.0. The average Bonchev–Trinajstić information content (AvgIpc) is 2.50. The molecule has 2 N–H and O–H groups in total. The second-order valence-electron chi connectivity index (χ2n) is 4.04. The fourth-order valence-corrected chi connectivity index (χ4v) is 1.58. The molecule has 0 fully saturated rings. The Morgan fingerprint density at radius 1 is 1.38 bits per heavy atom. The molecule has 21 heavy (non-hydrogen) atoms. The zero-order valence-electron chi connectivity index (χ0n) is 11.7. The lowest BCUT2D eigenvalue weighted by Crippen LogP contribution is -2.41. The van der Waals surface area contributed by atoms with Gasteiger partial charge in [-0.3, -0.25) is 9.59 Å². The van der Waals surface area contributed by atoms with Crippen LogP contribution in [0.2, 0.25) is 0 Å². The number of pyridine rings is 1. The van der Waals surface area contributed by atoms with E-state index < -0.39 is 23.9 Å². The second kappa shape index (κ2) is 7.83. The molecule has 0 aliphatic carbocycles. The SMILES string of the molecule is COC(=O)CCC(NC(=O)c1cccnc1OC)C(=O)O. The van der Waals surface area contributed by atoms with Gasteiger partial charge in [0.15, 0.2) is 0 Å². The van der Waals surface area contributed by atoms with E-state index in [1.165, 1.54) is 32.5 Å². The minimum atomic E-state index is -1.24. The molecule has 0 aliphatic heterocycles. The molecule has 0 aliphatic rings. The molecule has 0 bridgehead atoms. The monoisotopic (exact) mass is 296 g/mol. The van der Waals surface area contributed by atoms with Gasteiger partial charge in [0, 0.05) is 12.6 Å². The standard InChI is InChI=1S/C13H16N2O6/c1-20-10(16)6-5-9(13(18)19)15-11(17)8-4-3-7-14-12(8)21-2/h3-4,7,9H,5-6H2,1-2H3,(H,15,17)(H,18,19). The number of amides is 1. The van der Waals surface area contributed by atoms with Crippen LogP contribution in [0.3, 0.4) is 0 Å². The van der Waals surface area contributed by atoms with Crippen molar-refractivity contribution in [2.24, 2.45) is 0 Å². The predicted octanol–water partition coefficient (Wildman–Crippen LogP) is 0.226. The summed E-state index contributed by atoms with van der Waals surface area (Å²) in [5.41, 5.74) is 0.115. The molecule has 0 radical (unpaired) electrons. The quantitative estimate of drug-likeness (QED) is 0.692. The lowest BCUT2D eigenvalue weighted by Gasteiger charge is -2.14. The van der Waals surface area contributed by atoms with Crippen LogP contribution < -0.4 is 10.1 Å². The number of esters is 1. The third kappa shape index (κ3) is 4.75. The van der Waals surface area contributed by atoms with Crippen LogP contribution in [0.15, 0.2) is 18.3 Å². The number of aromatic nitrogens is 1. The number of methoxy groups -OCH3 is 2. The number of hydrogen-bond acceptors (Lipinski definition) is 6. The first-order chi connectivity index (χ1) is 9.99. The topological polar surface area (TPSA) is 115 Å². The van der Waals surface area contributed by atoms with Gasteiger partial charge in [-0.2, -0.15) is 0 Å². The Labute approximate surface area is 121 Å². The first-order valence-electron chi connectivity index (χ1n) is 6.09. The van der Waals surface area contributed by atoms with E-state index in [2.05, 4.69) is 15.0 Å². The number of carboxylic acids is 1. The van der Waals surface area contributed by atoms with Crippen LogP contribution in [-0.4, -0.2) is 48.2 Å². The minimum Gasteiger partial charge on any atom is -0.480 e. The highest BCUT2D eigenvalue weighted by Crippen LogP contribution is 2.14. The largest absolute Gasteiger partial charge is 0.480 e. The fourth-order valence-electron chi connectivity index (χ4n) is 1.58. The predicted molar refractivity (Wildman–Crippen MR) is 70.9 cm³/mol. The van der Waals surface area contributed by atoms with Gasteiger partial charge in [-0.1, -0.05) is 0 Å². The Kier molecular flexibility index (Phi) is 6.12. The lowest BCUT2D eigenvalue weighted by atomic mass is 10.1. The Morgan fingerprint density at radius 2 is 2.10 bits per heavy atom. The summed E-state index contributed by atoms with van der Waals surface area (Å²) in [5, 5.41) is 11.4. The molecule has 0 spiro atoms. The molecular formula is C13H16N2O6. The van der Waals surface area contributed by atoms with Crippen LogP contribution in [-0.2, 0) is 14.3 Å².